The van der Waals surface area contributed by atoms with Gasteiger partial charge in [0, 0.05) is 48.8 Å². The molecule has 0 aromatic rings. The van der Waals surface area contributed by atoms with E-state index in [-0.39, 0.29) is 22.4 Å². The Kier molecular flexibility index (Phi) is 112. The second-order valence-corrected chi connectivity index (χ2v) is 4.31. The van der Waals surface area contributed by atoms with Crippen LogP contribution >= 0.6 is 0 Å². The zero-order chi connectivity index (χ0) is 18.5. The van der Waals surface area contributed by atoms with Crippen molar-refractivity contribution in [1.29, 1.82) is 0 Å². The summed E-state index contributed by atoms with van der Waals surface area (Å²) in [5.41, 5.74) is 0. The minimum absolute atomic E-state index is 0. The third-order valence-electron chi connectivity index (χ3n) is 2.05. The number of rotatable bonds is 8. The average Bonchev–Trinajstić information content (AvgIpc) is 2.54. The van der Waals surface area contributed by atoms with Crippen LogP contribution in [0.25, 0.3) is 0 Å². The molecule has 0 atom stereocenters. The van der Waals surface area contributed by atoms with Gasteiger partial charge in [-0.2, -0.15) is 6.92 Å². The summed E-state index contributed by atoms with van der Waals surface area (Å²) in [4.78, 5) is 0. The molecule has 0 unspecified atom stereocenters. The first-order valence-electron chi connectivity index (χ1n) is 8.80. The minimum atomic E-state index is 0. The van der Waals surface area contributed by atoms with Crippen LogP contribution in [0.15, 0.2) is 0 Å². The number of aliphatic hydroxyl groups excluding tert-OH is 4. The molecule has 4 N–H and O–H groups in total. The third-order valence-corrected chi connectivity index (χ3v) is 2.05. The second kappa shape index (κ2) is 66.4. The first kappa shape index (κ1) is 38.9. The van der Waals surface area contributed by atoms with Crippen LogP contribution in [0.5, 0.6) is 0 Å². The van der Waals surface area contributed by atoms with Gasteiger partial charge in [0.1, 0.15) is 0 Å². The molecular formula is C18H45NbO4-. The monoisotopic (exact) mass is 418 g/mol. The Hall–Kier alpha value is 0.580. The summed E-state index contributed by atoms with van der Waals surface area (Å²) in [6.45, 7) is 14.6. The van der Waals surface area contributed by atoms with Crippen molar-refractivity contribution in [3.8, 4) is 0 Å². The van der Waals surface area contributed by atoms with Crippen LogP contribution in [0.3, 0.4) is 0 Å². The number of hydrogen-bond acceptors (Lipinski definition) is 4. The van der Waals surface area contributed by atoms with Crippen molar-refractivity contribution in [2.24, 2.45) is 0 Å². The Labute approximate surface area is 162 Å². The van der Waals surface area contributed by atoms with E-state index >= 15 is 0 Å². The predicted octanol–water partition coefficient (Wildman–Crippen LogP) is 3.95. The maximum Gasteiger partial charge on any atom is 0.0430 e. The van der Waals surface area contributed by atoms with Gasteiger partial charge in [-0.05, 0) is 25.7 Å². The van der Waals surface area contributed by atoms with Crippen LogP contribution < -0.4 is 0 Å². The van der Waals surface area contributed by atoms with Gasteiger partial charge in [0.05, 0.1) is 0 Å². The Morgan fingerprint density at radius 3 is 0.609 bits per heavy atom. The van der Waals surface area contributed by atoms with Crippen LogP contribution in [0, 0.1) is 6.92 Å². The van der Waals surface area contributed by atoms with Crippen LogP contribution in [-0.2, 0) is 22.4 Å². The molecule has 147 valence electrons. The van der Waals surface area contributed by atoms with Crippen molar-refractivity contribution in [2.75, 3.05) is 26.4 Å². The van der Waals surface area contributed by atoms with E-state index in [0.29, 0.717) is 26.4 Å². The first-order valence-corrected chi connectivity index (χ1v) is 8.80. The predicted molar refractivity (Wildman–Crippen MR) is 99.0 cm³/mol. The molecule has 0 rings (SSSR count). The molecule has 0 aliphatic rings. The second-order valence-electron chi connectivity index (χ2n) is 4.31. The van der Waals surface area contributed by atoms with E-state index in [9.17, 15) is 0 Å². The first-order chi connectivity index (χ1) is 10.7. The molecule has 0 amide bonds. The zero-order valence-corrected chi connectivity index (χ0v) is 18.6. The van der Waals surface area contributed by atoms with Crippen molar-refractivity contribution in [1.82, 2.24) is 0 Å². The summed E-state index contributed by atoms with van der Waals surface area (Å²) in [5, 5.41) is 32.3. The van der Waals surface area contributed by atoms with Gasteiger partial charge in [-0.1, -0.05) is 53.4 Å². The van der Waals surface area contributed by atoms with Crippen LogP contribution in [0.2, 0.25) is 0 Å². The summed E-state index contributed by atoms with van der Waals surface area (Å²) in [6.07, 6.45) is 8.15. The third kappa shape index (κ3) is 130. The zero-order valence-electron chi connectivity index (χ0n) is 16.4. The Morgan fingerprint density at radius 2 is 0.609 bits per heavy atom. The minimum Gasteiger partial charge on any atom is -0.396 e. The van der Waals surface area contributed by atoms with Crippen molar-refractivity contribution in [3.63, 3.8) is 0 Å². The van der Waals surface area contributed by atoms with Gasteiger partial charge in [0.25, 0.3) is 0 Å². The molecule has 5 heteroatoms. The fourth-order valence-electron chi connectivity index (χ4n) is 0.632. The molecule has 4 nitrogen and oxygen atoms in total. The summed E-state index contributed by atoms with van der Waals surface area (Å²) in [7, 11) is 0. The van der Waals surface area contributed by atoms with E-state index in [1.54, 1.807) is 6.92 Å². The van der Waals surface area contributed by atoms with Gasteiger partial charge < -0.3 is 27.3 Å². The molecule has 0 heterocycles. The van der Waals surface area contributed by atoms with Gasteiger partial charge in [0.15, 0.2) is 0 Å². The van der Waals surface area contributed by atoms with E-state index in [4.69, 9.17) is 20.4 Å². The number of hydrogen-bond donors (Lipinski definition) is 4. The molecule has 0 aromatic heterocycles. The fraction of sp³-hybridized carbons (Fsp3) is 0.944. The van der Waals surface area contributed by atoms with Gasteiger partial charge in [-0.3, -0.25) is 0 Å². The molecule has 0 saturated carbocycles. The average molecular weight is 418 g/mol. The molecule has 0 aliphatic carbocycles. The summed E-state index contributed by atoms with van der Waals surface area (Å²) in [6, 6.07) is 0. The van der Waals surface area contributed by atoms with Crippen molar-refractivity contribution >= 4 is 0 Å². The SMILES string of the molecule is CCCCO.CCCCO.CCCCO.CCCCO.[CH2-]C.[Nb]. The maximum absolute atomic E-state index is 8.07. The van der Waals surface area contributed by atoms with E-state index in [1.807, 2.05) is 0 Å². The molecule has 0 spiro atoms. The topological polar surface area (TPSA) is 80.9 Å². The Balaban J connectivity index is -0.0000000398. The summed E-state index contributed by atoms with van der Waals surface area (Å²) in [5.74, 6) is 0. The van der Waals surface area contributed by atoms with Gasteiger partial charge in [-0.15, -0.1) is 0 Å². The molecule has 0 aromatic carbocycles. The van der Waals surface area contributed by atoms with Gasteiger partial charge in [-0.25, -0.2) is 0 Å². The molecule has 0 fully saturated rings. The van der Waals surface area contributed by atoms with Crippen molar-refractivity contribution in [3.05, 3.63) is 6.92 Å². The molecular weight excluding hydrogens is 373 g/mol. The number of unbranched alkanes of at least 4 members (excludes halogenated alkanes) is 4. The largest absolute Gasteiger partial charge is 0.396 e. The molecule has 0 bridgehead atoms. The molecule has 0 aliphatic heterocycles. The Bertz CT molecular complexity index is 75.0. The molecule has 0 saturated heterocycles. The maximum atomic E-state index is 8.07. The van der Waals surface area contributed by atoms with Gasteiger partial charge >= 0.3 is 0 Å². The summed E-state index contributed by atoms with van der Waals surface area (Å²) >= 11 is 0. The summed E-state index contributed by atoms with van der Waals surface area (Å²) < 4.78 is 0. The fourth-order valence-corrected chi connectivity index (χ4v) is 0.632. The number of aliphatic hydroxyl groups is 4. The standard InChI is InChI=1S/4C4H10O.C2H5.Nb/c4*1-2-3-4-5;1-2;/h4*5H,2-4H2,1H3;1H2,2H3;/q;;;;-1;. The van der Waals surface area contributed by atoms with E-state index in [1.165, 1.54) is 0 Å². The van der Waals surface area contributed by atoms with E-state index in [2.05, 4.69) is 34.6 Å². The Morgan fingerprint density at radius 1 is 0.478 bits per heavy atom. The van der Waals surface area contributed by atoms with Crippen LogP contribution in [0.4, 0.5) is 0 Å². The normalized spacial score (nSPS) is 7.57. The molecule has 1 radical (unpaired) electrons. The van der Waals surface area contributed by atoms with Crippen molar-refractivity contribution in [2.45, 2.75) is 86.0 Å². The van der Waals surface area contributed by atoms with Gasteiger partial charge in [0.2, 0.25) is 0 Å². The van der Waals surface area contributed by atoms with Crippen molar-refractivity contribution < 1.29 is 42.8 Å². The van der Waals surface area contributed by atoms with E-state index in [0.717, 1.165) is 51.4 Å². The van der Waals surface area contributed by atoms with Crippen LogP contribution in [-0.4, -0.2) is 46.9 Å². The smallest absolute Gasteiger partial charge is 0.0430 e. The van der Waals surface area contributed by atoms with Crippen LogP contribution in [0.1, 0.15) is 86.0 Å². The quantitative estimate of drug-likeness (QED) is 0.355. The molecule has 23 heavy (non-hydrogen) atoms. The van der Waals surface area contributed by atoms with E-state index < -0.39 is 0 Å².